The molecule has 1 amide bonds. The van der Waals surface area contributed by atoms with Gasteiger partial charge in [0.1, 0.15) is 17.2 Å². The van der Waals surface area contributed by atoms with E-state index in [4.69, 9.17) is 21.1 Å². The summed E-state index contributed by atoms with van der Waals surface area (Å²) in [7, 11) is -3.74. The molecule has 38 heavy (non-hydrogen) atoms. The standard InChI is InChI=1S/C29H25ClN2O5S/c30-27-18-26(38(34,35)32-17-16-21-6-4-5-7-22(21)19-32)14-15-28(27)36-20-29(33)31-23-10-12-25(13-11-23)37-24-8-2-1-3-9-24/h1-15,18H,16-17,19-20H2,(H,31,33). The molecular formula is C29H25ClN2O5S. The molecule has 0 spiro atoms. The quantitative estimate of drug-likeness (QED) is 0.296. The van der Waals surface area contributed by atoms with Crippen molar-refractivity contribution in [1.82, 2.24) is 4.31 Å². The van der Waals surface area contributed by atoms with E-state index < -0.39 is 10.0 Å². The minimum Gasteiger partial charge on any atom is -0.482 e. The number of sulfonamides is 1. The molecule has 0 saturated heterocycles. The van der Waals surface area contributed by atoms with Crippen LogP contribution >= 0.6 is 11.6 Å². The molecule has 1 N–H and O–H groups in total. The highest BCUT2D eigenvalue weighted by molar-refractivity contribution is 7.89. The van der Waals surface area contributed by atoms with Gasteiger partial charge < -0.3 is 14.8 Å². The van der Waals surface area contributed by atoms with Crippen LogP contribution in [0.4, 0.5) is 5.69 Å². The van der Waals surface area contributed by atoms with Gasteiger partial charge >= 0.3 is 0 Å². The van der Waals surface area contributed by atoms with Crippen molar-refractivity contribution in [2.24, 2.45) is 0 Å². The highest BCUT2D eigenvalue weighted by Gasteiger charge is 2.28. The molecule has 0 fully saturated rings. The molecule has 194 valence electrons. The number of nitrogens with zero attached hydrogens (tertiary/aromatic N) is 1. The Morgan fingerprint density at radius 1 is 0.868 bits per heavy atom. The van der Waals surface area contributed by atoms with Gasteiger partial charge in [-0.15, -0.1) is 0 Å². The Labute approximate surface area is 226 Å². The van der Waals surface area contributed by atoms with Crippen molar-refractivity contribution in [2.75, 3.05) is 18.5 Å². The molecule has 7 nitrogen and oxygen atoms in total. The van der Waals surface area contributed by atoms with Crippen LogP contribution in [0.1, 0.15) is 11.1 Å². The van der Waals surface area contributed by atoms with Gasteiger partial charge in [0.15, 0.2) is 6.61 Å². The molecule has 0 aliphatic carbocycles. The zero-order chi connectivity index (χ0) is 26.5. The first-order valence-corrected chi connectivity index (χ1v) is 13.8. The molecule has 1 aliphatic rings. The van der Waals surface area contributed by atoms with E-state index in [1.54, 1.807) is 24.3 Å². The predicted molar refractivity (Wildman–Crippen MR) is 146 cm³/mol. The fourth-order valence-corrected chi connectivity index (χ4v) is 5.90. The number of hydrogen-bond acceptors (Lipinski definition) is 5. The maximum absolute atomic E-state index is 13.2. The summed E-state index contributed by atoms with van der Waals surface area (Å²) in [6.07, 6.45) is 0.655. The van der Waals surface area contributed by atoms with Crippen molar-refractivity contribution in [2.45, 2.75) is 17.9 Å². The SMILES string of the molecule is O=C(COc1ccc(S(=O)(=O)N2CCc3ccccc3C2)cc1Cl)Nc1ccc(Oc2ccccc2)cc1. The summed E-state index contributed by atoms with van der Waals surface area (Å²) >= 11 is 6.33. The molecule has 0 radical (unpaired) electrons. The molecule has 0 unspecified atom stereocenters. The molecule has 4 aromatic carbocycles. The highest BCUT2D eigenvalue weighted by Crippen LogP contribution is 2.31. The number of carbonyl (C=O) groups is 1. The van der Waals surface area contributed by atoms with Crippen LogP contribution in [0.15, 0.2) is 102 Å². The van der Waals surface area contributed by atoms with Crippen molar-refractivity contribution in [3.63, 3.8) is 0 Å². The fourth-order valence-electron chi connectivity index (χ4n) is 4.15. The summed E-state index contributed by atoms with van der Waals surface area (Å²) in [4.78, 5) is 12.5. The number of fused-ring (bicyclic) bond motifs is 1. The first kappa shape index (κ1) is 25.8. The summed E-state index contributed by atoms with van der Waals surface area (Å²) in [5.41, 5.74) is 2.74. The lowest BCUT2D eigenvalue weighted by Crippen LogP contribution is -2.35. The zero-order valence-corrected chi connectivity index (χ0v) is 21.9. The van der Waals surface area contributed by atoms with Gasteiger partial charge in [-0.1, -0.05) is 54.1 Å². The van der Waals surface area contributed by atoms with E-state index in [0.717, 1.165) is 16.9 Å². The third-order valence-corrected chi connectivity index (χ3v) is 8.25. The van der Waals surface area contributed by atoms with Crippen molar-refractivity contribution >= 4 is 33.2 Å². The Balaban J connectivity index is 1.17. The highest BCUT2D eigenvalue weighted by atomic mass is 35.5. The number of anilines is 1. The molecular weight excluding hydrogens is 524 g/mol. The lowest BCUT2D eigenvalue weighted by Gasteiger charge is -2.28. The topological polar surface area (TPSA) is 84.9 Å². The van der Waals surface area contributed by atoms with Gasteiger partial charge in [0.25, 0.3) is 5.91 Å². The number of nitrogens with one attached hydrogen (secondary N) is 1. The Hall–Kier alpha value is -3.85. The Morgan fingerprint density at radius 2 is 1.55 bits per heavy atom. The monoisotopic (exact) mass is 548 g/mol. The fraction of sp³-hybridized carbons (Fsp3) is 0.138. The molecule has 4 aromatic rings. The lowest BCUT2D eigenvalue weighted by atomic mass is 10.0. The largest absolute Gasteiger partial charge is 0.482 e. The second-order valence-corrected chi connectivity index (χ2v) is 11.1. The van der Waals surface area contributed by atoms with Crippen molar-refractivity contribution < 1.29 is 22.7 Å². The summed E-state index contributed by atoms with van der Waals surface area (Å²) in [5, 5.41) is 2.85. The van der Waals surface area contributed by atoms with Gasteiger partial charge in [-0.2, -0.15) is 4.31 Å². The van der Waals surface area contributed by atoms with Gasteiger partial charge in [0.2, 0.25) is 10.0 Å². The summed E-state index contributed by atoms with van der Waals surface area (Å²) < 4.78 is 39.2. The van der Waals surface area contributed by atoms with Gasteiger partial charge in [-0.3, -0.25) is 4.79 Å². The molecule has 1 heterocycles. The van der Waals surface area contributed by atoms with Crippen LogP contribution in [-0.2, 0) is 27.8 Å². The van der Waals surface area contributed by atoms with Crippen LogP contribution in [0.2, 0.25) is 5.02 Å². The number of benzene rings is 4. The van der Waals surface area contributed by atoms with Gasteiger partial charge in [0.05, 0.1) is 9.92 Å². The lowest BCUT2D eigenvalue weighted by molar-refractivity contribution is -0.118. The van der Waals surface area contributed by atoms with Crippen molar-refractivity contribution in [1.29, 1.82) is 0 Å². The Morgan fingerprint density at radius 3 is 2.29 bits per heavy atom. The van der Waals surface area contributed by atoms with E-state index >= 15 is 0 Å². The van der Waals surface area contributed by atoms with Crippen LogP contribution in [0.25, 0.3) is 0 Å². The summed E-state index contributed by atoms with van der Waals surface area (Å²) in [6.45, 7) is 0.416. The molecule has 1 aliphatic heterocycles. The van der Waals surface area contributed by atoms with E-state index in [0.29, 0.717) is 30.9 Å². The van der Waals surface area contributed by atoms with Crippen LogP contribution in [-0.4, -0.2) is 31.8 Å². The maximum atomic E-state index is 13.2. The van der Waals surface area contributed by atoms with Crippen molar-refractivity contribution in [3.05, 3.63) is 113 Å². The molecule has 0 aromatic heterocycles. The second-order valence-electron chi connectivity index (χ2n) is 8.73. The van der Waals surface area contributed by atoms with E-state index in [1.807, 2.05) is 54.6 Å². The van der Waals surface area contributed by atoms with E-state index in [1.165, 1.54) is 22.5 Å². The third kappa shape index (κ3) is 5.99. The van der Waals surface area contributed by atoms with Gasteiger partial charge in [0, 0.05) is 18.8 Å². The number of carbonyl (C=O) groups excluding carboxylic acids is 1. The smallest absolute Gasteiger partial charge is 0.262 e. The third-order valence-electron chi connectivity index (χ3n) is 6.11. The van der Waals surface area contributed by atoms with Crippen LogP contribution in [0.5, 0.6) is 17.2 Å². The average Bonchev–Trinajstić information content (AvgIpc) is 2.93. The molecule has 0 atom stereocenters. The van der Waals surface area contributed by atoms with E-state index in [9.17, 15) is 13.2 Å². The van der Waals surface area contributed by atoms with E-state index in [-0.39, 0.29) is 28.2 Å². The van der Waals surface area contributed by atoms with Crippen LogP contribution in [0, 0.1) is 0 Å². The normalized spacial score (nSPS) is 13.4. The van der Waals surface area contributed by atoms with E-state index in [2.05, 4.69) is 5.32 Å². The zero-order valence-electron chi connectivity index (χ0n) is 20.3. The van der Waals surface area contributed by atoms with Gasteiger partial charge in [-0.25, -0.2) is 8.42 Å². The number of halogens is 1. The Bertz CT molecular complexity index is 1540. The maximum Gasteiger partial charge on any atom is 0.262 e. The van der Waals surface area contributed by atoms with Crippen LogP contribution in [0.3, 0.4) is 0 Å². The molecule has 9 heteroatoms. The first-order chi connectivity index (χ1) is 18.4. The predicted octanol–water partition coefficient (Wildman–Crippen LogP) is 5.90. The number of amides is 1. The molecule has 0 saturated carbocycles. The first-order valence-electron chi connectivity index (χ1n) is 12.0. The number of hydrogen-bond donors (Lipinski definition) is 1. The van der Waals surface area contributed by atoms with Crippen LogP contribution < -0.4 is 14.8 Å². The molecule has 5 rings (SSSR count). The van der Waals surface area contributed by atoms with Gasteiger partial charge in [-0.05, 0) is 72.1 Å². The minimum atomic E-state index is -3.74. The number of rotatable bonds is 8. The molecule has 0 bridgehead atoms. The average molecular weight is 549 g/mol. The summed E-state index contributed by atoms with van der Waals surface area (Å²) in [6, 6.07) is 28.4. The number of para-hydroxylation sites is 1. The van der Waals surface area contributed by atoms with Crippen molar-refractivity contribution in [3.8, 4) is 17.2 Å². The summed E-state index contributed by atoms with van der Waals surface area (Å²) in [5.74, 6) is 1.19. The Kier molecular flexibility index (Phi) is 7.64. The minimum absolute atomic E-state index is 0.0801. The second kappa shape index (κ2) is 11.3. The number of ether oxygens (including phenoxy) is 2.